The van der Waals surface area contributed by atoms with E-state index < -0.39 is 0 Å². The Labute approximate surface area is 107 Å². The molecule has 2 rings (SSSR count). The molecule has 1 aliphatic heterocycles. The smallest absolute Gasteiger partial charge is 0.222 e. The van der Waals surface area contributed by atoms with Gasteiger partial charge in [0.05, 0.1) is 13.7 Å². The fourth-order valence-corrected chi connectivity index (χ4v) is 2.09. The van der Waals surface area contributed by atoms with Gasteiger partial charge in [0.2, 0.25) is 5.91 Å². The van der Waals surface area contributed by atoms with Crippen LogP contribution in [-0.2, 0) is 4.79 Å². The van der Waals surface area contributed by atoms with Crippen LogP contribution in [0.4, 0.5) is 0 Å². The van der Waals surface area contributed by atoms with E-state index in [1.165, 1.54) is 0 Å². The maximum atomic E-state index is 12.1. The van der Waals surface area contributed by atoms with Crippen molar-refractivity contribution in [1.82, 2.24) is 4.90 Å². The van der Waals surface area contributed by atoms with Crippen LogP contribution in [0.15, 0.2) is 24.3 Å². The first kappa shape index (κ1) is 12.6. The molecule has 0 aliphatic carbocycles. The molecule has 0 saturated carbocycles. The molecule has 0 spiro atoms. The lowest BCUT2D eigenvalue weighted by molar-refractivity contribution is -0.132. The third-order valence-corrected chi connectivity index (χ3v) is 3.15. The summed E-state index contributed by atoms with van der Waals surface area (Å²) in [6.45, 7) is 0.862. The fraction of sp³-hybridized carbons (Fsp3) is 0.429. The molecule has 0 aromatic heterocycles. The van der Waals surface area contributed by atoms with Crippen LogP contribution in [0.5, 0.6) is 5.75 Å². The normalized spacial score (nSPS) is 15.6. The average Bonchev–Trinajstić information content (AvgIpc) is 2.41. The van der Waals surface area contributed by atoms with Crippen molar-refractivity contribution in [2.45, 2.75) is 19.3 Å². The van der Waals surface area contributed by atoms with Gasteiger partial charge in [-0.1, -0.05) is 12.1 Å². The van der Waals surface area contributed by atoms with Gasteiger partial charge < -0.3 is 9.64 Å². The molecule has 1 aliphatic rings. The Morgan fingerprint density at radius 2 is 2.22 bits per heavy atom. The van der Waals surface area contributed by atoms with Gasteiger partial charge in [-0.15, -0.1) is 0 Å². The van der Waals surface area contributed by atoms with Crippen LogP contribution in [0.1, 0.15) is 29.6 Å². The molecule has 1 fully saturated rings. The van der Waals surface area contributed by atoms with Crippen LogP contribution in [0.2, 0.25) is 0 Å². The first-order valence-corrected chi connectivity index (χ1v) is 6.16. The van der Waals surface area contributed by atoms with Crippen molar-refractivity contribution in [3.63, 3.8) is 0 Å². The van der Waals surface area contributed by atoms with E-state index in [-0.39, 0.29) is 18.2 Å². The number of piperidine rings is 1. The number of rotatable bonds is 4. The van der Waals surface area contributed by atoms with Gasteiger partial charge in [-0.05, 0) is 25.0 Å². The van der Waals surface area contributed by atoms with Crippen LogP contribution < -0.4 is 4.74 Å². The molecule has 0 atom stereocenters. The van der Waals surface area contributed by atoms with E-state index in [9.17, 15) is 9.59 Å². The molecule has 1 aromatic carbocycles. The largest absolute Gasteiger partial charge is 0.497 e. The number of methoxy groups -OCH3 is 1. The van der Waals surface area contributed by atoms with E-state index in [0.29, 0.717) is 24.3 Å². The minimum absolute atomic E-state index is 0.0378. The van der Waals surface area contributed by atoms with Gasteiger partial charge in [0.25, 0.3) is 0 Å². The molecular weight excluding hydrogens is 230 g/mol. The Morgan fingerprint density at radius 1 is 1.39 bits per heavy atom. The van der Waals surface area contributed by atoms with Gasteiger partial charge in [0, 0.05) is 18.5 Å². The van der Waals surface area contributed by atoms with E-state index in [1.54, 1.807) is 36.3 Å². The SMILES string of the molecule is COc1cccc(C(=O)CN2CCCCC2=O)c1. The zero-order valence-corrected chi connectivity index (χ0v) is 10.5. The molecule has 1 aromatic rings. The van der Waals surface area contributed by atoms with E-state index in [1.807, 2.05) is 0 Å². The lowest BCUT2D eigenvalue weighted by Gasteiger charge is -2.25. The van der Waals surface area contributed by atoms with Crippen LogP contribution >= 0.6 is 0 Å². The number of carbonyl (C=O) groups excluding carboxylic acids is 2. The van der Waals surface area contributed by atoms with E-state index in [2.05, 4.69) is 0 Å². The third kappa shape index (κ3) is 2.88. The number of ketones is 1. The highest BCUT2D eigenvalue weighted by atomic mass is 16.5. The van der Waals surface area contributed by atoms with Crippen molar-refractivity contribution in [2.24, 2.45) is 0 Å². The van der Waals surface area contributed by atoms with Crippen LogP contribution in [0.3, 0.4) is 0 Å². The number of amides is 1. The number of carbonyl (C=O) groups is 2. The van der Waals surface area contributed by atoms with E-state index >= 15 is 0 Å². The van der Waals surface area contributed by atoms with Crippen molar-refractivity contribution in [1.29, 1.82) is 0 Å². The summed E-state index contributed by atoms with van der Waals surface area (Å²) >= 11 is 0. The highest BCUT2D eigenvalue weighted by Gasteiger charge is 2.21. The molecule has 4 nitrogen and oxygen atoms in total. The Kier molecular flexibility index (Phi) is 3.97. The van der Waals surface area contributed by atoms with Crippen LogP contribution in [-0.4, -0.2) is 36.8 Å². The second kappa shape index (κ2) is 5.67. The Balaban J connectivity index is 2.04. The summed E-state index contributed by atoms with van der Waals surface area (Å²) in [5.41, 5.74) is 0.590. The Hall–Kier alpha value is -1.84. The predicted octanol–water partition coefficient (Wildman–Crippen LogP) is 1.89. The minimum Gasteiger partial charge on any atom is -0.497 e. The average molecular weight is 247 g/mol. The van der Waals surface area contributed by atoms with Gasteiger partial charge in [-0.3, -0.25) is 9.59 Å². The van der Waals surface area contributed by atoms with Crippen molar-refractivity contribution in [3.05, 3.63) is 29.8 Å². The Bertz CT molecular complexity index is 456. The number of benzene rings is 1. The van der Waals surface area contributed by atoms with Gasteiger partial charge in [-0.25, -0.2) is 0 Å². The molecule has 96 valence electrons. The van der Waals surface area contributed by atoms with E-state index in [0.717, 1.165) is 12.8 Å². The lowest BCUT2D eigenvalue weighted by Crippen LogP contribution is -2.39. The molecule has 0 bridgehead atoms. The second-order valence-electron chi connectivity index (χ2n) is 4.43. The monoisotopic (exact) mass is 247 g/mol. The summed E-state index contributed by atoms with van der Waals surface area (Å²) in [5, 5.41) is 0. The topological polar surface area (TPSA) is 46.6 Å². The predicted molar refractivity (Wildman–Crippen MR) is 67.8 cm³/mol. The summed E-state index contributed by atoms with van der Waals surface area (Å²) in [5.74, 6) is 0.701. The van der Waals surface area contributed by atoms with Crippen molar-refractivity contribution >= 4 is 11.7 Å². The Morgan fingerprint density at radius 3 is 2.94 bits per heavy atom. The number of hydrogen-bond donors (Lipinski definition) is 0. The number of ether oxygens (including phenoxy) is 1. The first-order chi connectivity index (χ1) is 8.70. The fourth-order valence-electron chi connectivity index (χ4n) is 2.09. The van der Waals surface area contributed by atoms with Gasteiger partial charge >= 0.3 is 0 Å². The van der Waals surface area contributed by atoms with Crippen molar-refractivity contribution in [2.75, 3.05) is 20.2 Å². The van der Waals surface area contributed by atoms with Crippen LogP contribution in [0, 0.1) is 0 Å². The zero-order valence-electron chi connectivity index (χ0n) is 10.5. The van der Waals surface area contributed by atoms with E-state index in [4.69, 9.17) is 4.74 Å². The van der Waals surface area contributed by atoms with Gasteiger partial charge in [-0.2, -0.15) is 0 Å². The first-order valence-electron chi connectivity index (χ1n) is 6.16. The standard InChI is InChI=1S/C14H17NO3/c1-18-12-6-4-5-11(9-12)13(16)10-15-8-3-2-7-14(15)17/h4-6,9H,2-3,7-8,10H2,1H3. The number of Topliss-reactive ketones (excluding diaryl/α,β-unsaturated/α-hetero) is 1. The molecule has 1 heterocycles. The third-order valence-electron chi connectivity index (χ3n) is 3.15. The van der Waals surface area contributed by atoms with Crippen molar-refractivity contribution in [3.8, 4) is 5.75 Å². The minimum atomic E-state index is -0.0378. The van der Waals surface area contributed by atoms with Gasteiger partial charge in [0.1, 0.15) is 5.75 Å². The molecule has 0 radical (unpaired) electrons. The summed E-state index contributed by atoms with van der Waals surface area (Å²) in [7, 11) is 1.57. The molecule has 1 amide bonds. The summed E-state index contributed by atoms with van der Waals surface area (Å²) in [6, 6.07) is 7.03. The van der Waals surface area contributed by atoms with Crippen molar-refractivity contribution < 1.29 is 14.3 Å². The number of nitrogens with zero attached hydrogens (tertiary/aromatic N) is 1. The molecule has 18 heavy (non-hydrogen) atoms. The maximum Gasteiger partial charge on any atom is 0.222 e. The number of hydrogen-bond acceptors (Lipinski definition) is 3. The summed E-state index contributed by atoms with van der Waals surface area (Å²) in [6.07, 6.45) is 2.48. The van der Waals surface area contributed by atoms with Crippen LogP contribution in [0.25, 0.3) is 0 Å². The molecule has 0 N–H and O–H groups in total. The quantitative estimate of drug-likeness (QED) is 0.763. The zero-order chi connectivity index (χ0) is 13.0. The molecular formula is C14H17NO3. The molecule has 1 saturated heterocycles. The summed E-state index contributed by atoms with van der Waals surface area (Å²) in [4.78, 5) is 25.4. The lowest BCUT2D eigenvalue weighted by atomic mass is 10.1. The molecule has 4 heteroatoms. The highest BCUT2D eigenvalue weighted by Crippen LogP contribution is 2.15. The second-order valence-corrected chi connectivity index (χ2v) is 4.43. The van der Waals surface area contributed by atoms with Gasteiger partial charge in [0.15, 0.2) is 5.78 Å². The maximum absolute atomic E-state index is 12.1. The highest BCUT2D eigenvalue weighted by molar-refractivity contribution is 5.99. The summed E-state index contributed by atoms with van der Waals surface area (Å²) < 4.78 is 5.08. The number of likely N-dealkylation sites (tertiary alicyclic amines) is 1. The molecule has 0 unspecified atom stereocenters.